The third-order valence-electron chi connectivity index (χ3n) is 3.84. The summed E-state index contributed by atoms with van der Waals surface area (Å²) in [6.07, 6.45) is 0.853. The lowest BCUT2D eigenvalue weighted by Crippen LogP contribution is -3.14. The van der Waals surface area contributed by atoms with Gasteiger partial charge in [0.1, 0.15) is 13.1 Å². The minimum atomic E-state index is -0.630. The number of quaternary nitrogens is 1. The molecule has 6 nitrogen and oxygen atoms in total. The lowest BCUT2D eigenvalue weighted by atomic mass is 10.2. The largest absolute Gasteiger partial charge is 0.370 e. The van der Waals surface area contributed by atoms with Gasteiger partial charge in [-0.15, -0.1) is 0 Å². The second-order valence-electron chi connectivity index (χ2n) is 5.64. The number of hydrogen-bond acceptors (Lipinski definition) is 3. The summed E-state index contributed by atoms with van der Waals surface area (Å²) in [7, 11) is 0. The van der Waals surface area contributed by atoms with Crippen molar-refractivity contribution in [2.75, 3.05) is 44.7 Å². The van der Waals surface area contributed by atoms with E-state index in [1.165, 1.54) is 4.90 Å². The maximum atomic E-state index is 11.9. The van der Waals surface area contributed by atoms with E-state index >= 15 is 0 Å². The molecule has 1 fully saturated rings. The third-order valence-corrected chi connectivity index (χ3v) is 4.33. The van der Waals surface area contributed by atoms with Crippen LogP contribution < -0.4 is 15.5 Å². The minimum Gasteiger partial charge on any atom is -0.370 e. The van der Waals surface area contributed by atoms with Crippen LogP contribution in [0.2, 0.25) is 0 Å². The van der Waals surface area contributed by atoms with E-state index in [9.17, 15) is 9.59 Å². The number of ether oxygens (including phenoxy) is 1. The van der Waals surface area contributed by atoms with Crippen LogP contribution in [-0.4, -0.2) is 51.2 Å². The Morgan fingerprint density at radius 1 is 1.26 bits per heavy atom. The number of benzene rings is 1. The lowest BCUT2D eigenvalue weighted by molar-refractivity contribution is -0.908. The van der Waals surface area contributed by atoms with Gasteiger partial charge < -0.3 is 20.3 Å². The van der Waals surface area contributed by atoms with Crippen molar-refractivity contribution in [2.24, 2.45) is 0 Å². The van der Waals surface area contributed by atoms with Gasteiger partial charge in [0, 0.05) is 23.1 Å². The second-order valence-corrected chi connectivity index (χ2v) is 6.55. The Balaban J connectivity index is 1.69. The first kappa shape index (κ1) is 17.9. The highest BCUT2D eigenvalue weighted by atomic mass is 79.9. The van der Waals surface area contributed by atoms with Gasteiger partial charge in [0.2, 0.25) is 0 Å². The first-order valence-electron chi connectivity index (χ1n) is 7.83. The first-order chi connectivity index (χ1) is 11.1. The van der Waals surface area contributed by atoms with Crippen molar-refractivity contribution in [1.82, 2.24) is 5.32 Å². The van der Waals surface area contributed by atoms with Crippen LogP contribution in [-0.2, 0) is 14.3 Å². The van der Waals surface area contributed by atoms with Crippen molar-refractivity contribution < 1.29 is 19.2 Å². The number of nitrogens with one attached hydrogen (secondary N) is 3. The molecule has 3 N–H and O–H groups in total. The molecule has 1 heterocycles. The molecule has 1 aromatic rings. The van der Waals surface area contributed by atoms with Crippen molar-refractivity contribution in [3.8, 4) is 0 Å². The Labute approximate surface area is 144 Å². The Morgan fingerprint density at radius 2 is 2.00 bits per heavy atom. The van der Waals surface area contributed by atoms with Crippen molar-refractivity contribution in [3.05, 3.63) is 28.2 Å². The lowest BCUT2D eigenvalue weighted by Gasteiger charge is -2.23. The van der Waals surface area contributed by atoms with Crippen molar-refractivity contribution in [2.45, 2.75) is 13.3 Å². The monoisotopic (exact) mass is 384 g/mol. The summed E-state index contributed by atoms with van der Waals surface area (Å²) in [5.74, 6) is -1.22. The molecule has 1 aliphatic heterocycles. The van der Waals surface area contributed by atoms with Crippen LogP contribution in [0.5, 0.6) is 0 Å². The zero-order valence-electron chi connectivity index (χ0n) is 13.3. The zero-order valence-corrected chi connectivity index (χ0v) is 14.9. The van der Waals surface area contributed by atoms with Crippen LogP contribution >= 0.6 is 15.9 Å². The Morgan fingerprint density at radius 3 is 2.70 bits per heavy atom. The quantitative estimate of drug-likeness (QED) is 0.498. The molecule has 0 aromatic heterocycles. The molecule has 0 radical (unpaired) electrons. The normalized spacial score (nSPS) is 15.2. The fourth-order valence-electron chi connectivity index (χ4n) is 2.48. The van der Waals surface area contributed by atoms with Crippen LogP contribution in [0.15, 0.2) is 22.7 Å². The highest BCUT2D eigenvalue weighted by Gasteiger charge is 2.16. The summed E-state index contributed by atoms with van der Waals surface area (Å²) in [5.41, 5.74) is 1.54. The molecule has 1 aliphatic rings. The molecular weight excluding hydrogens is 362 g/mol. The van der Waals surface area contributed by atoms with Crippen molar-refractivity contribution in [3.63, 3.8) is 0 Å². The van der Waals surface area contributed by atoms with Gasteiger partial charge >= 0.3 is 11.8 Å². The van der Waals surface area contributed by atoms with Crippen LogP contribution in [0, 0.1) is 6.92 Å². The number of rotatable bonds is 5. The van der Waals surface area contributed by atoms with E-state index in [2.05, 4.69) is 26.6 Å². The molecule has 126 valence electrons. The van der Waals surface area contributed by atoms with Gasteiger partial charge in [-0.05, 0) is 30.7 Å². The van der Waals surface area contributed by atoms with E-state index < -0.39 is 11.8 Å². The van der Waals surface area contributed by atoms with Gasteiger partial charge in [-0.1, -0.05) is 15.9 Å². The van der Waals surface area contributed by atoms with Gasteiger partial charge in [0.25, 0.3) is 0 Å². The molecule has 0 atom stereocenters. The summed E-state index contributed by atoms with van der Waals surface area (Å²) >= 11 is 3.36. The summed E-state index contributed by atoms with van der Waals surface area (Å²) in [6.45, 7) is 7.00. The smallest absolute Gasteiger partial charge is 0.313 e. The van der Waals surface area contributed by atoms with E-state index in [0.717, 1.165) is 49.3 Å². The number of amides is 2. The van der Waals surface area contributed by atoms with Crippen LogP contribution in [0.4, 0.5) is 5.69 Å². The third kappa shape index (κ3) is 5.93. The molecule has 7 heteroatoms. The molecule has 0 unspecified atom stereocenters. The standard InChI is InChI=1S/C16H22BrN3O3/c1-12-11-13(17)3-4-14(12)19-16(22)15(21)18-5-2-6-20-7-9-23-10-8-20/h3-4,11H,2,5-10H2,1H3,(H,18,21)(H,19,22)/p+1. The average Bonchev–Trinajstić information content (AvgIpc) is 2.55. The van der Waals surface area contributed by atoms with E-state index in [-0.39, 0.29) is 0 Å². The van der Waals surface area contributed by atoms with E-state index in [1.54, 1.807) is 6.07 Å². The highest BCUT2D eigenvalue weighted by molar-refractivity contribution is 9.10. The van der Waals surface area contributed by atoms with Crippen molar-refractivity contribution in [1.29, 1.82) is 0 Å². The fraction of sp³-hybridized carbons (Fsp3) is 0.500. The molecule has 0 spiro atoms. The SMILES string of the molecule is Cc1cc(Br)ccc1NC(=O)C(=O)NCCC[NH+]1CCOCC1. The Kier molecular flexibility index (Phi) is 7.01. The number of hydrogen-bond donors (Lipinski definition) is 3. The first-order valence-corrected chi connectivity index (χ1v) is 8.62. The topological polar surface area (TPSA) is 71.9 Å². The molecule has 1 saturated heterocycles. The van der Waals surface area contributed by atoms with E-state index in [0.29, 0.717) is 12.2 Å². The summed E-state index contributed by atoms with van der Waals surface area (Å²) in [5, 5.41) is 5.30. The molecule has 1 aromatic carbocycles. The van der Waals surface area contributed by atoms with Gasteiger partial charge in [-0.3, -0.25) is 9.59 Å². The van der Waals surface area contributed by atoms with E-state index in [1.807, 2.05) is 19.1 Å². The molecular formula is C16H23BrN3O3+. The van der Waals surface area contributed by atoms with Gasteiger partial charge in [0.15, 0.2) is 0 Å². The van der Waals surface area contributed by atoms with Crippen LogP contribution in [0.3, 0.4) is 0 Å². The zero-order chi connectivity index (χ0) is 16.7. The van der Waals surface area contributed by atoms with Gasteiger partial charge in [-0.25, -0.2) is 0 Å². The van der Waals surface area contributed by atoms with Gasteiger partial charge in [0.05, 0.1) is 19.8 Å². The molecule has 23 heavy (non-hydrogen) atoms. The summed E-state index contributed by atoms with van der Waals surface area (Å²) in [6, 6.07) is 5.48. The Bertz CT molecular complexity index is 560. The average molecular weight is 385 g/mol. The van der Waals surface area contributed by atoms with Crippen molar-refractivity contribution >= 4 is 33.4 Å². The molecule has 0 aliphatic carbocycles. The number of morpholine rings is 1. The minimum absolute atomic E-state index is 0.510. The van der Waals surface area contributed by atoms with E-state index in [4.69, 9.17) is 4.74 Å². The Hall–Kier alpha value is -1.44. The maximum Gasteiger partial charge on any atom is 0.313 e. The maximum absolute atomic E-state index is 11.9. The molecule has 0 saturated carbocycles. The highest BCUT2D eigenvalue weighted by Crippen LogP contribution is 2.19. The molecule has 2 rings (SSSR count). The predicted molar refractivity (Wildman–Crippen MR) is 91.5 cm³/mol. The van der Waals surface area contributed by atoms with Gasteiger partial charge in [-0.2, -0.15) is 0 Å². The number of carbonyl (C=O) groups excluding carboxylic acids is 2. The van der Waals surface area contributed by atoms with Crippen LogP contribution in [0.25, 0.3) is 0 Å². The number of anilines is 1. The molecule has 0 bridgehead atoms. The summed E-state index contributed by atoms with van der Waals surface area (Å²) in [4.78, 5) is 25.2. The predicted octanol–water partition coefficient (Wildman–Crippen LogP) is 0.117. The number of carbonyl (C=O) groups is 2. The molecule has 2 amide bonds. The second kappa shape index (κ2) is 9.00. The fourth-order valence-corrected chi connectivity index (χ4v) is 2.95. The summed E-state index contributed by atoms with van der Waals surface area (Å²) < 4.78 is 6.24. The number of halogens is 1. The van der Waals surface area contributed by atoms with Crippen LogP contribution in [0.1, 0.15) is 12.0 Å². The number of aryl methyl sites for hydroxylation is 1.